The summed E-state index contributed by atoms with van der Waals surface area (Å²) in [7, 11) is 0. The zero-order chi connectivity index (χ0) is 13.1. The first-order chi connectivity index (χ1) is 8.58. The molecule has 7 heteroatoms. The molecule has 0 aliphatic carbocycles. The standard InChI is InChI=1S/C11H7FN2O4/c12-6-3-1-2-4-9(6)18-11(17)8-5-7(10(15)16)13-14-8/h1-5H,(H,13,14)(H,15,16). The zero-order valence-electron chi connectivity index (χ0n) is 8.88. The highest BCUT2D eigenvalue weighted by Crippen LogP contribution is 2.16. The van der Waals surface area contributed by atoms with E-state index < -0.39 is 17.8 Å². The van der Waals surface area contributed by atoms with Gasteiger partial charge in [-0.25, -0.2) is 14.0 Å². The van der Waals surface area contributed by atoms with Crippen LogP contribution in [-0.2, 0) is 0 Å². The number of benzene rings is 1. The van der Waals surface area contributed by atoms with Crippen molar-refractivity contribution in [3.8, 4) is 5.75 Å². The molecule has 1 aromatic carbocycles. The van der Waals surface area contributed by atoms with Crippen LogP contribution in [-0.4, -0.2) is 27.2 Å². The molecule has 0 saturated carbocycles. The summed E-state index contributed by atoms with van der Waals surface area (Å²) in [5.41, 5.74) is -0.494. The largest absolute Gasteiger partial charge is 0.476 e. The number of aromatic carboxylic acids is 1. The molecule has 0 amide bonds. The molecule has 1 aromatic heterocycles. The highest BCUT2D eigenvalue weighted by molar-refractivity contribution is 5.93. The number of ether oxygens (including phenoxy) is 1. The minimum Gasteiger partial charge on any atom is -0.476 e. The van der Waals surface area contributed by atoms with Crippen LogP contribution in [0.1, 0.15) is 21.0 Å². The van der Waals surface area contributed by atoms with E-state index >= 15 is 0 Å². The van der Waals surface area contributed by atoms with E-state index in [9.17, 15) is 14.0 Å². The fourth-order valence-electron chi connectivity index (χ4n) is 1.22. The van der Waals surface area contributed by atoms with Crippen LogP contribution in [0.3, 0.4) is 0 Å². The Bertz CT molecular complexity index is 609. The summed E-state index contributed by atoms with van der Waals surface area (Å²) in [4.78, 5) is 22.1. The summed E-state index contributed by atoms with van der Waals surface area (Å²) in [6, 6.07) is 6.37. The smallest absolute Gasteiger partial charge is 0.361 e. The molecule has 0 aliphatic heterocycles. The van der Waals surface area contributed by atoms with Crippen LogP contribution >= 0.6 is 0 Å². The highest BCUT2D eigenvalue weighted by atomic mass is 19.1. The Labute approximate surface area is 100 Å². The van der Waals surface area contributed by atoms with Gasteiger partial charge in [-0.15, -0.1) is 0 Å². The number of aromatic nitrogens is 2. The predicted octanol–water partition coefficient (Wildman–Crippen LogP) is 1.47. The molecule has 0 atom stereocenters. The van der Waals surface area contributed by atoms with E-state index in [-0.39, 0.29) is 17.1 Å². The van der Waals surface area contributed by atoms with Gasteiger partial charge in [0.2, 0.25) is 0 Å². The third kappa shape index (κ3) is 2.34. The number of nitrogens with one attached hydrogen (secondary N) is 1. The van der Waals surface area contributed by atoms with Crippen molar-refractivity contribution in [1.82, 2.24) is 10.2 Å². The van der Waals surface area contributed by atoms with Crippen molar-refractivity contribution in [2.24, 2.45) is 0 Å². The number of carboxylic acids is 1. The maximum absolute atomic E-state index is 13.2. The van der Waals surface area contributed by atoms with E-state index in [1.165, 1.54) is 18.2 Å². The van der Waals surface area contributed by atoms with Crippen molar-refractivity contribution in [2.45, 2.75) is 0 Å². The molecular weight excluding hydrogens is 243 g/mol. The molecule has 0 aliphatic rings. The van der Waals surface area contributed by atoms with Gasteiger partial charge in [-0.1, -0.05) is 12.1 Å². The highest BCUT2D eigenvalue weighted by Gasteiger charge is 2.16. The molecule has 2 aromatic rings. The molecule has 0 bridgehead atoms. The molecule has 0 saturated heterocycles. The number of halogens is 1. The lowest BCUT2D eigenvalue weighted by atomic mass is 10.3. The third-order valence-corrected chi connectivity index (χ3v) is 2.06. The van der Waals surface area contributed by atoms with Crippen LogP contribution in [0, 0.1) is 5.82 Å². The summed E-state index contributed by atoms with van der Waals surface area (Å²) < 4.78 is 17.9. The number of aromatic amines is 1. The minimum atomic E-state index is -1.28. The van der Waals surface area contributed by atoms with Crippen molar-refractivity contribution in [2.75, 3.05) is 0 Å². The van der Waals surface area contributed by atoms with Gasteiger partial charge >= 0.3 is 11.9 Å². The lowest BCUT2D eigenvalue weighted by molar-refractivity contribution is 0.0689. The lowest BCUT2D eigenvalue weighted by Gasteiger charge is -2.02. The maximum Gasteiger partial charge on any atom is 0.361 e. The number of esters is 1. The van der Waals surface area contributed by atoms with Crippen molar-refractivity contribution in [1.29, 1.82) is 0 Å². The number of carboxylic acid groups (broad SMARTS) is 1. The van der Waals surface area contributed by atoms with Gasteiger partial charge in [0.15, 0.2) is 17.3 Å². The topological polar surface area (TPSA) is 92.3 Å². The number of para-hydroxylation sites is 1. The molecule has 0 unspecified atom stereocenters. The van der Waals surface area contributed by atoms with Gasteiger partial charge in [0.05, 0.1) is 0 Å². The SMILES string of the molecule is O=C(O)c1cc(C(=O)Oc2ccccc2F)[nH]n1. The fourth-order valence-corrected chi connectivity index (χ4v) is 1.22. The Morgan fingerprint density at radius 1 is 1.33 bits per heavy atom. The van der Waals surface area contributed by atoms with Crippen molar-refractivity contribution >= 4 is 11.9 Å². The Balaban J connectivity index is 2.17. The van der Waals surface area contributed by atoms with E-state index in [1.807, 2.05) is 0 Å². The van der Waals surface area contributed by atoms with Crippen molar-refractivity contribution in [3.05, 3.63) is 47.5 Å². The molecule has 0 fully saturated rings. The summed E-state index contributed by atoms with van der Waals surface area (Å²) in [6.45, 7) is 0. The number of nitrogens with zero attached hydrogens (tertiary/aromatic N) is 1. The summed E-state index contributed by atoms with van der Waals surface area (Å²) >= 11 is 0. The molecule has 18 heavy (non-hydrogen) atoms. The lowest BCUT2D eigenvalue weighted by Crippen LogP contribution is -2.09. The third-order valence-electron chi connectivity index (χ3n) is 2.06. The first kappa shape index (κ1) is 11.8. The first-order valence-electron chi connectivity index (χ1n) is 4.83. The Morgan fingerprint density at radius 3 is 2.67 bits per heavy atom. The van der Waals surface area contributed by atoms with Crippen LogP contribution in [0.2, 0.25) is 0 Å². The van der Waals surface area contributed by atoms with Gasteiger partial charge in [0.25, 0.3) is 0 Å². The number of hydrogen-bond acceptors (Lipinski definition) is 4. The maximum atomic E-state index is 13.2. The van der Waals surface area contributed by atoms with Gasteiger partial charge in [-0.3, -0.25) is 5.10 Å². The zero-order valence-corrected chi connectivity index (χ0v) is 8.88. The number of hydrogen-bond donors (Lipinski definition) is 2. The molecule has 92 valence electrons. The summed E-state index contributed by atoms with van der Waals surface area (Å²) in [5.74, 6) is -3.13. The van der Waals surface area contributed by atoms with E-state index in [4.69, 9.17) is 9.84 Å². The molecule has 2 rings (SSSR count). The van der Waals surface area contributed by atoms with Crippen LogP contribution in [0.15, 0.2) is 30.3 Å². The van der Waals surface area contributed by atoms with Gasteiger partial charge in [0.1, 0.15) is 5.69 Å². The van der Waals surface area contributed by atoms with Gasteiger partial charge in [0, 0.05) is 6.07 Å². The fraction of sp³-hybridized carbons (Fsp3) is 0. The van der Waals surface area contributed by atoms with Gasteiger partial charge in [-0.2, -0.15) is 5.10 Å². The number of rotatable bonds is 3. The monoisotopic (exact) mass is 250 g/mol. The van der Waals surface area contributed by atoms with Crippen LogP contribution in [0.4, 0.5) is 4.39 Å². The average molecular weight is 250 g/mol. The minimum absolute atomic E-state index is 0.171. The number of H-pyrrole nitrogens is 1. The van der Waals surface area contributed by atoms with E-state index in [0.29, 0.717) is 0 Å². The number of carbonyl (C=O) groups excluding carboxylic acids is 1. The summed E-state index contributed by atoms with van der Waals surface area (Å²) in [5, 5.41) is 14.2. The Hall–Kier alpha value is -2.70. The van der Waals surface area contributed by atoms with E-state index in [1.54, 1.807) is 0 Å². The molecule has 2 N–H and O–H groups in total. The molecular formula is C11H7FN2O4. The van der Waals surface area contributed by atoms with Crippen molar-refractivity contribution < 1.29 is 23.8 Å². The second-order valence-corrected chi connectivity index (χ2v) is 3.29. The van der Waals surface area contributed by atoms with Crippen LogP contribution < -0.4 is 4.74 Å². The first-order valence-corrected chi connectivity index (χ1v) is 4.83. The van der Waals surface area contributed by atoms with Gasteiger partial charge < -0.3 is 9.84 Å². The normalized spacial score (nSPS) is 10.1. The van der Waals surface area contributed by atoms with Gasteiger partial charge in [-0.05, 0) is 12.1 Å². The Kier molecular flexibility index (Phi) is 3.05. The number of carbonyl (C=O) groups is 2. The Morgan fingerprint density at radius 2 is 2.06 bits per heavy atom. The predicted molar refractivity (Wildman–Crippen MR) is 56.9 cm³/mol. The second-order valence-electron chi connectivity index (χ2n) is 3.29. The molecule has 0 spiro atoms. The summed E-state index contributed by atoms with van der Waals surface area (Å²) in [6.07, 6.45) is 0. The molecule has 6 nitrogen and oxygen atoms in total. The van der Waals surface area contributed by atoms with E-state index in [2.05, 4.69) is 10.2 Å². The second kappa shape index (κ2) is 4.66. The van der Waals surface area contributed by atoms with Crippen LogP contribution in [0.5, 0.6) is 5.75 Å². The molecule has 0 radical (unpaired) electrons. The van der Waals surface area contributed by atoms with Crippen molar-refractivity contribution in [3.63, 3.8) is 0 Å². The van der Waals surface area contributed by atoms with Crippen LogP contribution in [0.25, 0.3) is 0 Å². The quantitative estimate of drug-likeness (QED) is 0.635. The average Bonchev–Trinajstić information content (AvgIpc) is 2.81. The molecule has 1 heterocycles. The van der Waals surface area contributed by atoms with E-state index in [0.717, 1.165) is 12.1 Å².